The second-order valence-corrected chi connectivity index (χ2v) is 6.09. The second kappa shape index (κ2) is 9.41. The number of hydrogen-bond donors (Lipinski definition) is 0. The van der Waals surface area contributed by atoms with Crippen LogP contribution in [0, 0.1) is 11.8 Å². The molecule has 0 rings (SSSR count). The van der Waals surface area contributed by atoms with Crippen molar-refractivity contribution in [2.45, 2.75) is 79.7 Å². The third kappa shape index (κ3) is 6.42. The molecule has 2 nitrogen and oxygen atoms in total. The van der Waals surface area contributed by atoms with E-state index < -0.39 is 0 Å². The quantitative estimate of drug-likeness (QED) is 0.556. The minimum atomic E-state index is 0.324. The molecular weight excluding hydrogens is 222 g/mol. The lowest BCUT2D eigenvalue weighted by Gasteiger charge is -2.36. The fraction of sp³-hybridized carbons (Fsp3) is 0.938. The molecule has 0 aromatic rings. The second-order valence-electron chi connectivity index (χ2n) is 6.09. The van der Waals surface area contributed by atoms with Gasteiger partial charge in [0.25, 0.3) is 0 Å². The number of carbonyl (C=O) groups excluding carboxylic acids is 1. The number of hydrogen-bond acceptors (Lipinski definition) is 1. The molecule has 0 aromatic carbocycles. The fourth-order valence-corrected chi connectivity index (χ4v) is 2.45. The van der Waals surface area contributed by atoms with Crippen LogP contribution in [0.1, 0.15) is 73.6 Å². The van der Waals surface area contributed by atoms with Gasteiger partial charge in [-0.05, 0) is 24.7 Å². The zero-order valence-corrected chi connectivity index (χ0v) is 13.3. The lowest BCUT2D eigenvalue weighted by Crippen LogP contribution is -2.44. The van der Waals surface area contributed by atoms with Crippen molar-refractivity contribution >= 4 is 5.91 Å². The molecule has 0 spiro atoms. The first-order chi connectivity index (χ1) is 8.43. The van der Waals surface area contributed by atoms with E-state index in [1.54, 1.807) is 0 Å². The van der Waals surface area contributed by atoms with Gasteiger partial charge < -0.3 is 4.90 Å². The average molecular weight is 255 g/mol. The summed E-state index contributed by atoms with van der Waals surface area (Å²) >= 11 is 0. The normalized spacial score (nSPS) is 13.1. The van der Waals surface area contributed by atoms with Crippen LogP contribution in [0.25, 0.3) is 0 Å². The van der Waals surface area contributed by atoms with E-state index in [0.717, 1.165) is 19.4 Å². The Balaban J connectivity index is 4.69. The number of rotatable bonds is 9. The van der Waals surface area contributed by atoms with Crippen LogP contribution in [0.5, 0.6) is 0 Å². The van der Waals surface area contributed by atoms with E-state index in [1.165, 1.54) is 12.8 Å². The van der Waals surface area contributed by atoms with Gasteiger partial charge in [0, 0.05) is 19.0 Å². The van der Waals surface area contributed by atoms with Gasteiger partial charge in [-0.3, -0.25) is 4.79 Å². The van der Waals surface area contributed by atoms with Crippen molar-refractivity contribution in [1.29, 1.82) is 0 Å². The summed E-state index contributed by atoms with van der Waals surface area (Å²) in [4.78, 5) is 14.3. The van der Waals surface area contributed by atoms with Gasteiger partial charge in [0.2, 0.25) is 5.91 Å². The highest BCUT2D eigenvalue weighted by Crippen LogP contribution is 2.21. The summed E-state index contributed by atoms with van der Waals surface area (Å²) < 4.78 is 0. The fourth-order valence-electron chi connectivity index (χ4n) is 2.45. The first-order valence-electron chi connectivity index (χ1n) is 7.73. The van der Waals surface area contributed by atoms with Crippen LogP contribution in [0.4, 0.5) is 0 Å². The summed E-state index contributed by atoms with van der Waals surface area (Å²) in [5.74, 6) is 1.52. The Hall–Kier alpha value is -0.530. The monoisotopic (exact) mass is 255 g/mol. The predicted octanol–water partition coefficient (Wildman–Crippen LogP) is 4.49. The lowest BCUT2D eigenvalue weighted by atomic mass is 9.92. The van der Waals surface area contributed by atoms with E-state index in [0.29, 0.717) is 30.2 Å². The van der Waals surface area contributed by atoms with Crippen LogP contribution < -0.4 is 0 Å². The van der Waals surface area contributed by atoms with Crippen molar-refractivity contribution in [3.05, 3.63) is 0 Å². The molecule has 0 fully saturated rings. The molecule has 108 valence electrons. The van der Waals surface area contributed by atoms with Gasteiger partial charge in [-0.2, -0.15) is 0 Å². The largest absolute Gasteiger partial charge is 0.339 e. The molecule has 0 saturated heterocycles. The molecule has 0 N–H and O–H groups in total. The Morgan fingerprint density at radius 2 is 1.67 bits per heavy atom. The van der Waals surface area contributed by atoms with Crippen LogP contribution in [-0.2, 0) is 4.79 Å². The molecular formula is C16H33NO. The van der Waals surface area contributed by atoms with Gasteiger partial charge >= 0.3 is 0 Å². The molecule has 1 amide bonds. The summed E-state index contributed by atoms with van der Waals surface area (Å²) in [5, 5.41) is 0. The number of carbonyl (C=O) groups is 1. The summed E-state index contributed by atoms with van der Waals surface area (Å²) in [6.07, 6.45) is 5.33. The highest BCUT2D eigenvalue weighted by atomic mass is 16.2. The standard InChI is InChI=1S/C16H33NO/c1-7-9-10-11-17(16(18)8-2)15(14(5)6)12-13(3)4/h13-15H,7-12H2,1-6H3. The molecule has 1 unspecified atom stereocenters. The molecule has 1 atom stereocenters. The van der Waals surface area contributed by atoms with Crippen LogP contribution in [0.2, 0.25) is 0 Å². The predicted molar refractivity (Wildman–Crippen MR) is 79.6 cm³/mol. The smallest absolute Gasteiger partial charge is 0.222 e. The van der Waals surface area contributed by atoms with Crippen molar-refractivity contribution < 1.29 is 4.79 Å². The van der Waals surface area contributed by atoms with E-state index >= 15 is 0 Å². The molecule has 0 saturated carbocycles. The van der Waals surface area contributed by atoms with Gasteiger partial charge in [0.15, 0.2) is 0 Å². The minimum absolute atomic E-state index is 0.324. The van der Waals surface area contributed by atoms with Crippen molar-refractivity contribution in [3.8, 4) is 0 Å². The van der Waals surface area contributed by atoms with Crippen molar-refractivity contribution in [2.75, 3.05) is 6.54 Å². The maximum atomic E-state index is 12.2. The SMILES string of the molecule is CCCCCN(C(=O)CC)C(CC(C)C)C(C)C. The number of unbranched alkanes of at least 4 members (excludes halogenated alkanes) is 2. The van der Waals surface area contributed by atoms with Crippen molar-refractivity contribution in [3.63, 3.8) is 0 Å². The number of amides is 1. The van der Waals surface area contributed by atoms with E-state index in [1.807, 2.05) is 6.92 Å². The maximum absolute atomic E-state index is 12.2. The molecule has 0 aliphatic heterocycles. The Bertz CT molecular complexity index is 223. The Labute approximate surface area is 114 Å². The van der Waals surface area contributed by atoms with Gasteiger partial charge in [-0.15, -0.1) is 0 Å². The molecule has 0 aliphatic rings. The molecule has 18 heavy (non-hydrogen) atoms. The molecule has 2 heteroatoms. The highest BCUT2D eigenvalue weighted by Gasteiger charge is 2.25. The zero-order valence-electron chi connectivity index (χ0n) is 13.3. The van der Waals surface area contributed by atoms with Gasteiger partial charge in [-0.25, -0.2) is 0 Å². The summed E-state index contributed by atoms with van der Waals surface area (Å²) in [5.41, 5.74) is 0. The first kappa shape index (κ1) is 17.5. The Kier molecular flexibility index (Phi) is 9.13. The summed E-state index contributed by atoms with van der Waals surface area (Å²) in [6, 6.07) is 0.411. The maximum Gasteiger partial charge on any atom is 0.222 e. The Morgan fingerprint density at radius 3 is 2.06 bits per heavy atom. The highest BCUT2D eigenvalue weighted by molar-refractivity contribution is 5.76. The molecule has 0 heterocycles. The van der Waals surface area contributed by atoms with E-state index in [4.69, 9.17) is 0 Å². The topological polar surface area (TPSA) is 20.3 Å². The van der Waals surface area contributed by atoms with Crippen LogP contribution >= 0.6 is 0 Å². The van der Waals surface area contributed by atoms with Crippen LogP contribution in [-0.4, -0.2) is 23.4 Å². The minimum Gasteiger partial charge on any atom is -0.339 e. The van der Waals surface area contributed by atoms with Crippen LogP contribution in [0.15, 0.2) is 0 Å². The average Bonchev–Trinajstić information content (AvgIpc) is 2.31. The zero-order chi connectivity index (χ0) is 14.1. The van der Waals surface area contributed by atoms with Crippen LogP contribution in [0.3, 0.4) is 0 Å². The van der Waals surface area contributed by atoms with E-state index in [2.05, 4.69) is 39.5 Å². The van der Waals surface area contributed by atoms with Crippen molar-refractivity contribution in [2.24, 2.45) is 11.8 Å². The van der Waals surface area contributed by atoms with Gasteiger partial charge in [0.05, 0.1) is 0 Å². The number of nitrogens with zero attached hydrogens (tertiary/aromatic N) is 1. The third-order valence-corrected chi connectivity index (χ3v) is 3.51. The third-order valence-electron chi connectivity index (χ3n) is 3.51. The van der Waals surface area contributed by atoms with E-state index in [9.17, 15) is 4.79 Å². The molecule has 0 aliphatic carbocycles. The molecule has 0 aromatic heterocycles. The molecule has 0 radical (unpaired) electrons. The van der Waals surface area contributed by atoms with E-state index in [-0.39, 0.29) is 0 Å². The van der Waals surface area contributed by atoms with Gasteiger partial charge in [0.1, 0.15) is 0 Å². The Morgan fingerprint density at radius 1 is 1.06 bits per heavy atom. The summed E-state index contributed by atoms with van der Waals surface area (Å²) in [6.45, 7) is 14.1. The first-order valence-corrected chi connectivity index (χ1v) is 7.73. The molecule has 0 bridgehead atoms. The van der Waals surface area contributed by atoms with Crippen molar-refractivity contribution in [1.82, 2.24) is 4.90 Å². The lowest BCUT2D eigenvalue weighted by molar-refractivity contribution is -0.134. The van der Waals surface area contributed by atoms with Gasteiger partial charge in [-0.1, -0.05) is 54.4 Å². The summed E-state index contributed by atoms with van der Waals surface area (Å²) in [7, 11) is 0.